The molecule has 0 radical (unpaired) electrons. The van der Waals surface area contributed by atoms with Gasteiger partial charge in [-0.05, 0) is 30.9 Å². The van der Waals surface area contributed by atoms with E-state index in [1.54, 1.807) is 6.07 Å². The molecular formula is C12H17Cl3FN. The molecule has 1 aromatic rings. The van der Waals surface area contributed by atoms with Gasteiger partial charge in [0, 0.05) is 16.6 Å². The van der Waals surface area contributed by atoms with Crippen molar-refractivity contribution in [3.05, 3.63) is 33.6 Å². The molecule has 0 fully saturated rings. The molecule has 0 bridgehead atoms. The minimum Gasteiger partial charge on any atom is -0.324 e. The van der Waals surface area contributed by atoms with Crippen molar-refractivity contribution in [3.63, 3.8) is 0 Å². The number of rotatable bonds is 4. The zero-order chi connectivity index (χ0) is 12.3. The van der Waals surface area contributed by atoms with Gasteiger partial charge in [-0.25, -0.2) is 4.39 Å². The molecule has 1 atom stereocenters. The van der Waals surface area contributed by atoms with E-state index in [1.807, 2.05) is 0 Å². The van der Waals surface area contributed by atoms with Crippen molar-refractivity contribution in [2.45, 2.75) is 32.7 Å². The summed E-state index contributed by atoms with van der Waals surface area (Å²) in [6, 6.07) is 2.63. The maximum absolute atomic E-state index is 13.7. The first-order chi connectivity index (χ1) is 7.43. The molecule has 1 nitrogen and oxygen atoms in total. The highest BCUT2D eigenvalue weighted by molar-refractivity contribution is 6.33. The van der Waals surface area contributed by atoms with Gasteiger partial charge in [0.25, 0.3) is 0 Å². The van der Waals surface area contributed by atoms with Crippen LogP contribution in [0.25, 0.3) is 0 Å². The molecule has 0 spiro atoms. The molecule has 0 aromatic heterocycles. The Balaban J connectivity index is 0.00000256. The van der Waals surface area contributed by atoms with Gasteiger partial charge in [0.2, 0.25) is 0 Å². The van der Waals surface area contributed by atoms with Crippen LogP contribution in [0.1, 0.15) is 38.3 Å². The van der Waals surface area contributed by atoms with E-state index in [-0.39, 0.29) is 17.4 Å². The highest BCUT2D eigenvalue weighted by Gasteiger charge is 2.18. The average molecular weight is 301 g/mol. The quantitative estimate of drug-likeness (QED) is 0.779. The van der Waals surface area contributed by atoms with Crippen molar-refractivity contribution in [3.8, 4) is 0 Å². The lowest BCUT2D eigenvalue weighted by atomic mass is 9.98. The van der Waals surface area contributed by atoms with E-state index in [0.29, 0.717) is 22.9 Å². The lowest BCUT2D eigenvalue weighted by Crippen LogP contribution is -2.14. The predicted octanol–water partition coefficient (Wildman–Crippen LogP) is 4.99. The molecule has 5 heteroatoms. The summed E-state index contributed by atoms with van der Waals surface area (Å²) in [5, 5.41) is 0.414. The third-order valence-corrected chi connectivity index (χ3v) is 3.13. The number of nitrogens with two attached hydrogens (primary N) is 1. The maximum atomic E-state index is 13.7. The Morgan fingerprint density at radius 1 is 1.18 bits per heavy atom. The van der Waals surface area contributed by atoms with E-state index < -0.39 is 11.9 Å². The van der Waals surface area contributed by atoms with Crippen LogP contribution in [0.5, 0.6) is 0 Å². The molecule has 0 saturated carbocycles. The minimum atomic E-state index is -0.495. The zero-order valence-corrected chi connectivity index (χ0v) is 12.2. The predicted molar refractivity (Wildman–Crippen MR) is 74.7 cm³/mol. The van der Waals surface area contributed by atoms with Gasteiger partial charge in [-0.3, -0.25) is 0 Å². The molecule has 0 amide bonds. The van der Waals surface area contributed by atoms with E-state index >= 15 is 0 Å². The highest BCUT2D eigenvalue weighted by Crippen LogP contribution is 2.31. The van der Waals surface area contributed by atoms with Crippen LogP contribution >= 0.6 is 35.6 Å². The van der Waals surface area contributed by atoms with Crippen molar-refractivity contribution in [2.24, 2.45) is 11.7 Å². The van der Waals surface area contributed by atoms with Gasteiger partial charge in [0.15, 0.2) is 0 Å². The van der Waals surface area contributed by atoms with E-state index in [1.165, 1.54) is 6.07 Å². The first kappa shape index (κ1) is 17.0. The normalized spacial score (nSPS) is 12.4. The van der Waals surface area contributed by atoms with Crippen molar-refractivity contribution in [1.29, 1.82) is 0 Å². The Kier molecular flexibility index (Phi) is 7.41. The minimum absolute atomic E-state index is 0. The van der Waals surface area contributed by atoms with E-state index in [4.69, 9.17) is 28.9 Å². The Morgan fingerprint density at radius 2 is 1.71 bits per heavy atom. The summed E-state index contributed by atoms with van der Waals surface area (Å²) < 4.78 is 13.7. The third-order valence-electron chi connectivity index (χ3n) is 2.51. The van der Waals surface area contributed by atoms with Crippen molar-refractivity contribution >= 4 is 35.6 Å². The molecule has 2 N–H and O–H groups in total. The first-order valence-corrected chi connectivity index (χ1v) is 6.08. The van der Waals surface area contributed by atoms with Crippen molar-refractivity contribution < 1.29 is 4.39 Å². The van der Waals surface area contributed by atoms with Gasteiger partial charge < -0.3 is 5.73 Å². The second-order valence-corrected chi connectivity index (χ2v) is 5.15. The van der Waals surface area contributed by atoms with Crippen molar-refractivity contribution in [1.82, 2.24) is 0 Å². The van der Waals surface area contributed by atoms with E-state index in [0.717, 1.165) is 6.42 Å². The largest absolute Gasteiger partial charge is 0.324 e. The fraction of sp³-hybridized carbons (Fsp3) is 0.500. The molecule has 0 unspecified atom stereocenters. The first-order valence-electron chi connectivity index (χ1n) is 5.32. The Bertz CT molecular complexity index is 369. The second kappa shape index (κ2) is 7.42. The van der Waals surface area contributed by atoms with Crippen LogP contribution < -0.4 is 5.73 Å². The SMILES string of the molecule is CC(C)CC[C@@H](N)c1c(Cl)ccc(Cl)c1F.Cl. The molecule has 0 saturated heterocycles. The van der Waals surface area contributed by atoms with Gasteiger partial charge in [-0.15, -0.1) is 12.4 Å². The summed E-state index contributed by atoms with van der Waals surface area (Å²) in [5.74, 6) is 0.0393. The molecule has 0 heterocycles. The number of benzene rings is 1. The van der Waals surface area contributed by atoms with Gasteiger partial charge >= 0.3 is 0 Å². The third kappa shape index (κ3) is 4.63. The Morgan fingerprint density at radius 3 is 2.24 bits per heavy atom. The summed E-state index contributed by atoms with van der Waals surface area (Å²) in [4.78, 5) is 0. The van der Waals surface area contributed by atoms with Crippen LogP contribution in [-0.4, -0.2) is 0 Å². The van der Waals surface area contributed by atoms with E-state index in [2.05, 4.69) is 13.8 Å². The zero-order valence-electron chi connectivity index (χ0n) is 9.84. The number of hydrogen-bond acceptors (Lipinski definition) is 1. The summed E-state index contributed by atoms with van der Waals surface area (Å²) in [6.07, 6.45) is 1.64. The Labute approximate surface area is 118 Å². The van der Waals surface area contributed by atoms with Crippen LogP contribution in [-0.2, 0) is 0 Å². The maximum Gasteiger partial charge on any atom is 0.148 e. The van der Waals surface area contributed by atoms with Gasteiger partial charge in [-0.1, -0.05) is 37.0 Å². The molecule has 98 valence electrons. The van der Waals surface area contributed by atoms with E-state index in [9.17, 15) is 4.39 Å². The van der Waals surface area contributed by atoms with Gasteiger partial charge in [-0.2, -0.15) is 0 Å². The number of hydrogen-bond donors (Lipinski definition) is 1. The monoisotopic (exact) mass is 299 g/mol. The summed E-state index contributed by atoms with van der Waals surface area (Å²) in [6.45, 7) is 4.20. The van der Waals surface area contributed by atoms with Crippen LogP contribution in [0, 0.1) is 11.7 Å². The molecule has 0 aliphatic carbocycles. The number of halogens is 4. The van der Waals surface area contributed by atoms with Crippen LogP contribution in [0.15, 0.2) is 12.1 Å². The molecular weight excluding hydrogens is 283 g/mol. The summed E-state index contributed by atoms with van der Waals surface area (Å²) >= 11 is 11.6. The van der Waals surface area contributed by atoms with Crippen molar-refractivity contribution in [2.75, 3.05) is 0 Å². The Hall–Kier alpha value is -0.0200. The smallest absolute Gasteiger partial charge is 0.148 e. The average Bonchev–Trinajstić information content (AvgIpc) is 2.21. The standard InChI is InChI=1S/C12H16Cl2FN.ClH/c1-7(2)3-6-10(16)11-8(13)4-5-9(14)12(11)15;/h4-5,7,10H,3,6,16H2,1-2H3;1H/t10-;/m1./s1. The molecule has 1 aromatic carbocycles. The molecule has 0 aliphatic rings. The lowest BCUT2D eigenvalue weighted by Gasteiger charge is -2.16. The van der Waals surface area contributed by atoms with Gasteiger partial charge in [0.05, 0.1) is 5.02 Å². The van der Waals surface area contributed by atoms with Gasteiger partial charge in [0.1, 0.15) is 5.82 Å². The molecule has 17 heavy (non-hydrogen) atoms. The van der Waals surface area contributed by atoms with Crippen LogP contribution in [0.4, 0.5) is 4.39 Å². The molecule has 1 rings (SSSR count). The van der Waals surface area contributed by atoms with Crippen LogP contribution in [0.3, 0.4) is 0 Å². The lowest BCUT2D eigenvalue weighted by molar-refractivity contribution is 0.491. The topological polar surface area (TPSA) is 26.0 Å². The molecule has 0 aliphatic heterocycles. The fourth-order valence-corrected chi connectivity index (χ4v) is 1.99. The second-order valence-electron chi connectivity index (χ2n) is 4.33. The fourth-order valence-electron chi connectivity index (χ4n) is 1.54. The summed E-state index contributed by atoms with van der Waals surface area (Å²) in [5.41, 5.74) is 6.26. The van der Waals surface area contributed by atoms with Crippen LogP contribution in [0.2, 0.25) is 10.0 Å². The summed E-state index contributed by atoms with van der Waals surface area (Å²) in [7, 11) is 0. The highest BCUT2D eigenvalue weighted by atomic mass is 35.5.